The normalized spacial score (nSPS) is 18.8. The molecule has 1 N–H and O–H groups in total. The molecule has 2 rings (SSSR count). The summed E-state index contributed by atoms with van der Waals surface area (Å²) in [4.78, 5) is 37.9. The van der Waals surface area contributed by atoms with Crippen molar-refractivity contribution in [1.82, 2.24) is 15.1 Å². The number of amides is 4. The molecular formula is C17H27N3O3. The van der Waals surface area contributed by atoms with Crippen LogP contribution in [0.25, 0.3) is 0 Å². The SMILES string of the molecule is CC1CCN(C(=O)NCCCCCCN2C(=O)C=CC2=O)CC1. The highest BCUT2D eigenvalue weighted by molar-refractivity contribution is 6.12. The minimum absolute atomic E-state index is 0.0521. The standard InChI is InChI=1S/C17H27N3O3/c1-14-8-12-19(13-9-14)17(23)18-10-4-2-3-5-11-20-15(21)6-7-16(20)22/h6-7,14H,2-5,8-13H2,1H3,(H,18,23). The topological polar surface area (TPSA) is 69.7 Å². The molecule has 0 saturated carbocycles. The van der Waals surface area contributed by atoms with Gasteiger partial charge in [-0.05, 0) is 31.6 Å². The first-order chi connectivity index (χ1) is 11.1. The van der Waals surface area contributed by atoms with E-state index in [2.05, 4.69) is 12.2 Å². The fourth-order valence-electron chi connectivity index (χ4n) is 2.92. The van der Waals surface area contributed by atoms with Crippen LogP contribution in [0, 0.1) is 5.92 Å². The molecule has 0 spiro atoms. The molecular weight excluding hydrogens is 294 g/mol. The van der Waals surface area contributed by atoms with Crippen molar-refractivity contribution in [3.8, 4) is 0 Å². The molecule has 0 aromatic carbocycles. The summed E-state index contributed by atoms with van der Waals surface area (Å²) in [6, 6.07) is 0.0521. The second-order valence-corrected chi connectivity index (χ2v) is 6.48. The molecule has 0 unspecified atom stereocenters. The van der Waals surface area contributed by atoms with E-state index in [0.717, 1.165) is 57.5 Å². The van der Waals surface area contributed by atoms with Crippen LogP contribution in [0.2, 0.25) is 0 Å². The van der Waals surface area contributed by atoms with Crippen molar-refractivity contribution < 1.29 is 14.4 Å². The summed E-state index contributed by atoms with van der Waals surface area (Å²) in [5.41, 5.74) is 0. The molecule has 0 radical (unpaired) electrons. The number of likely N-dealkylation sites (tertiary alicyclic amines) is 1. The number of hydrogen-bond acceptors (Lipinski definition) is 3. The van der Waals surface area contributed by atoms with Crippen molar-refractivity contribution in [2.24, 2.45) is 5.92 Å². The van der Waals surface area contributed by atoms with Crippen LogP contribution in [-0.4, -0.2) is 53.8 Å². The van der Waals surface area contributed by atoms with E-state index in [1.165, 1.54) is 17.1 Å². The predicted octanol–water partition coefficient (Wildman–Crippen LogP) is 1.91. The van der Waals surface area contributed by atoms with Gasteiger partial charge in [0.1, 0.15) is 0 Å². The molecule has 2 heterocycles. The lowest BCUT2D eigenvalue weighted by atomic mass is 10.00. The van der Waals surface area contributed by atoms with Gasteiger partial charge in [-0.2, -0.15) is 0 Å². The van der Waals surface area contributed by atoms with Gasteiger partial charge >= 0.3 is 6.03 Å². The summed E-state index contributed by atoms with van der Waals surface area (Å²) in [7, 11) is 0. The number of unbranched alkanes of at least 4 members (excludes halogenated alkanes) is 3. The van der Waals surface area contributed by atoms with Crippen molar-refractivity contribution >= 4 is 17.8 Å². The summed E-state index contributed by atoms with van der Waals surface area (Å²) in [6.07, 6.45) is 8.51. The highest BCUT2D eigenvalue weighted by Gasteiger charge is 2.22. The average Bonchev–Trinajstić information content (AvgIpc) is 2.86. The average molecular weight is 321 g/mol. The van der Waals surface area contributed by atoms with E-state index >= 15 is 0 Å². The van der Waals surface area contributed by atoms with Crippen LogP contribution in [0.15, 0.2) is 12.2 Å². The quantitative estimate of drug-likeness (QED) is 0.575. The van der Waals surface area contributed by atoms with E-state index in [-0.39, 0.29) is 17.8 Å². The Kier molecular flexibility index (Phi) is 6.62. The number of nitrogens with zero attached hydrogens (tertiary/aromatic N) is 2. The highest BCUT2D eigenvalue weighted by Crippen LogP contribution is 2.15. The molecule has 0 aromatic rings. The van der Waals surface area contributed by atoms with Crippen LogP contribution in [0.1, 0.15) is 45.4 Å². The fourth-order valence-corrected chi connectivity index (χ4v) is 2.92. The number of piperidine rings is 1. The zero-order valence-electron chi connectivity index (χ0n) is 13.9. The number of carbonyl (C=O) groups excluding carboxylic acids is 3. The Bertz CT molecular complexity index is 450. The fraction of sp³-hybridized carbons (Fsp3) is 0.706. The Morgan fingerprint density at radius 1 is 1.09 bits per heavy atom. The second-order valence-electron chi connectivity index (χ2n) is 6.48. The van der Waals surface area contributed by atoms with Gasteiger partial charge < -0.3 is 10.2 Å². The molecule has 0 atom stereocenters. The van der Waals surface area contributed by atoms with Gasteiger partial charge in [0.05, 0.1) is 0 Å². The van der Waals surface area contributed by atoms with Gasteiger partial charge in [0, 0.05) is 38.3 Å². The number of nitrogens with one attached hydrogen (secondary N) is 1. The minimum Gasteiger partial charge on any atom is -0.338 e. The van der Waals surface area contributed by atoms with Gasteiger partial charge in [-0.3, -0.25) is 14.5 Å². The summed E-state index contributed by atoms with van der Waals surface area (Å²) in [5, 5.41) is 2.97. The van der Waals surface area contributed by atoms with Crippen LogP contribution in [-0.2, 0) is 9.59 Å². The second kappa shape index (κ2) is 8.70. The Balaban J connectivity index is 1.47. The van der Waals surface area contributed by atoms with Gasteiger partial charge in [-0.1, -0.05) is 19.8 Å². The summed E-state index contributed by atoms with van der Waals surface area (Å²) in [5.74, 6) is 0.305. The molecule has 2 aliphatic rings. The third-order valence-electron chi connectivity index (χ3n) is 4.56. The zero-order chi connectivity index (χ0) is 16.7. The van der Waals surface area contributed by atoms with E-state index in [0.29, 0.717) is 13.1 Å². The minimum atomic E-state index is -0.210. The van der Waals surface area contributed by atoms with Gasteiger partial charge in [-0.25, -0.2) is 4.79 Å². The number of hydrogen-bond donors (Lipinski definition) is 1. The first kappa shape index (κ1) is 17.5. The zero-order valence-corrected chi connectivity index (χ0v) is 13.9. The maximum absolute atomic E-state index is 12.0. The van der Waals surface area contributed by atoms with Crippen molar-refractivity contribution in [3.05, 3.63) is 12.2 Å². The Labute approximate surface area is 137 Å². The number of urea groups is 1. The molecule has 6 nitrogen and oxygen atoms in total. The van der Waals surface area contributed by atoms with Crippen LogP contribution < -0.4 is 5.32 Å². The van der Waals surface area contributed by atoms with Crippen LogP contribution in [0.4, 0.5) is 4.79 Å². The molecule has 23 heavy (non-hydrogen) atoms. The van der Waals surface area contributed by atoms with Gasteiger partial charge in [-0.15, -0.1) is 0 Å². The summed E-state index contributed by atoms with van der Waals surface area (Å²) < 4.78 is 0. The molecule has 1 fully saturated rings. The molecule has 1 saturated heterocycles. The maximum Gasteiger partial charge on any atom is 0.317 e. The molecule has 6 heteroatoms. The summed E-state index contributed by atoms with van der Waals surface area (Å²) in [6.45, 7) is 5.13. The molecule has 2 aliphatic heterocycles. The lowest BCUT2D eigenvalue weighted by molar-refractivity contribution is -0.136. The molecule has 4 amide bonds. The monoisotopic (exact) mass is 321 g/mol. The Morgan fingerprint density at radius 2 is 1.70 bits per heavy atom. The van der Waals surface area contributed by atoms with Crippen molar-refractivity contribution in [2.45, 2.75) is 45.4 Å². The van der Waals surface area contributed by atoms with Crippen molar-refractivity contribution in [1.29, 1.82) is 0 Å². The Morgan fingerprint density at radius 3 is 2.35 bits per heavy atom. The third-order valence-corrected chi connectivity index (χ3v) is 4.56. The number of imide groups is 1. The lowest BCUT2D eigenvalue weighted by Gasteiger charge is -2.30. The largest absolute Gasteiger partial charge is 0.338 e. The van der Waals surface area contributed by atoms with Gasteiger partial charge in [0.15, 0.2) is 0 Å². The van der Waals surface area contributed by atoms with Gasteiger partial charge in [0.2, 0.25) is 0 Å². The van der Waals surface area contributed by atoms with E-state index < -0.39 is 0 Å². The third kappa shape index (κ3) is 5.37. The molecule has 0 bridgehead atoms. The summed E-state index contributed by atoms with van der Waals surface area (Å²) >= 11 is 0. The predicted molar refractivity (Wildman–Crippen MR) is 87.7 cm³/mol. The van der Waals surface area contributed by atoms with E-state index in [9.17, 15) is 14.4 Å². The highest BCUT2D eigenvalue weighted by atomic mass is 16.2. The molecule has 0 aliphatic carbocycles. The smallest absolute Gasteiger partial charge is 0.317 e. The van der Waals surface area contributed by atoms with Crippen LogP contribution >= 0.6 is 0 Å². The maximum atomic E-state index is 12.0. The first-order valence-electron chi connectivity index (χ1n) is 8.64. The lowest BCUT2D eigenvalue weighted by Crippen LogP contribution is -2.44. The van der Waals surface area contributed by atoms with Gasteiger partial charge in [0.25, 0.3) is 11.8 Å². The first-order valence-corrected chi connectivity index (χ1v) is 8.64. The van der Waals surface area contributed by atoms with E-state index in [4.69, 9.17) is 0 Å². The molecule has 0 aromatic heterocycles. The number of rotatable bonds is 7. The van der Waals surface area contributed by atoms with Crippen molar-refractivity contribution in [3.63, 3.8) is 0 Å². The van der Waals surface area contributed by atoms with Crippen LogP contribution in [0.5, 0.6) is 0 Å². The van der Waals surface area contributed by atoms with Crippen molar-refractivity contribution in [2.75, 3.05) is 26.2 Å². The Hall–Kier alpha value is -1.85. The van der Waals surface area contributed by atoms with Crippen LogP contribution in [0.3, 0.4) is 0 Å². The van der Waals surface area contributed by atoms with E-state index in [1.54, 1.807) is 0 Å². The number of carbonyl (C=O) groups is 3. The molecule has 128 valence electrons. The van der Waals surface area contributed by atoms with E-state index in [1.807, 2.05) is 4.90 Å².